The standard InChI is InChI=1S/C14H24N4O3/c1-9(2)13(14(20)21-5)15-8-12(19)17-11-6-7-16-18(11)10(3)4/h6-7,9-10,13,15H,8H2,1-5H3,(H,17,19). The van der Waals surface area contributed by atoms with Crippen molar-refractivity contribution >= 4 is 17.7 Å². The zero-order valence-electron chi connectivity index (χ0n) is 13.2. The summed E-state index contributed by atoms with van der Waals surface area (Å²) in [5.41, 5.74) is 0. The van der Waals surface area contributed by atoms with Gasteiger partial charge in [0.15, 0.2) is 0 Å². The van der Waals surface area contributed by atoms with Gasteiger partial charge in [-0.1, -0.05) is 13.8 Å². The molecule has 0 aliphatic carbocycles. The van der Waals surface area contributed by atoms with Crippen molar-refractivity contribution in [1.29, 1.82) is 0 Å². The zero-order chi connectivity index (χ0) is 16.0. The van der Waals surface area contributed by atoms with Crippen LogP contribution in [0.1, 0.15) is 33.7 Å². The van der Waals surface area contributed by atoms with E-state index in [1.807, 2.05) is 27.7 Å². The average molecular weight is 296 g/mol. The third-order valence-electron chi connectivity index (χ3n) is 3.03. The van der Waals surface area contributed by atoms with E-state index in [1.165, 1.54) is 7.11 Å². The summed E-state index contributed by atoms with van der Waals surface area (Å²) in [5.74, 6) is 0.0689. The monoisotopic (exact) mass is 296 g/mol. The molecule has 118 valence electrons. The van der Waals surface area contributed by atoms with Gasteiger partial charge in [-0.3, -0.25) is 14.9 Å². The molecule has 21 heavy (non-hydrogen) atoms. The lowest BCUT2D eigenvalue weighted by Gasteiger charge is -2.19. The van der Waals surface area contributed by atoms with E-state index >= 15 is 0 Å². The van der Waals surface area contributed by atoms with Crippen LogP contribution in [0.5, 0.6) is 0 Å². The number of methoxy groups -OCH3 is 1. The Kier molecular flexibility index (Phi) is 6.36. The van der Waals surface area contributed by atoms with Crippen LogP contribution < -0.4 is 10.6 Å². The number of anilines is 1. The van der Waals surface area contributed by atoms with E-state index < -0.39 is 6.04 Å². The van der Waals surface area contributed by atoms with Crippen molar-refractivity contribution < 1.29 is 14.3 Å². The van der Waals surface area contributed by atoms with E-state index in [1.54, 1.807) is 16.9 Å². The number of nitrogens with zero attached hydrogens (tertiary/aromatic N) is 2. The highest BCUT2D eigenvalue weighted by Crippen LogP contribution is 2.12. The molecule has 0 aliphatic heterocycles. The molecule has 1 amide bonds. The number of hydrogen-bond donors (Lipinski definition) is 2. The fourth-order valence-electron chi connectivity index (χ4n) is 1.93. The molecule has 1 unspecified atom stereocenters. The average Bonchev–Trinajstić information content (AvgIpc) is 2.86. The van der Waals surface area contributed by atoms with Crippen LogP contribution >= 0.6 is 0 Å². The molecule has 0 spiro atoms. The molecule has 0 aliphatic rings. The molecule has 1 atom stereocenters. The first-order valence-corrected chi connectivity index (χ1v) is 7.01. The Hall–Kier alpha value is -1.89. The summed E-state index contributed by atoms with van der Waals surface area (Å²) >= 11 is 0. The Bertz CT molecular complexity index is 482. The van der Waals surface area contributed by atoms with Crippen molar-refractivity contribution in [2.75, 3.05) is 19.0 Å². The number of carbonyl (C=O) groups is 2. The summed E-state index contributed by atoms with van der Waals surface area (Å²) in [4.78, 5) is 23.6. The molecule has 0 fully saturated rings. The molecule has 1 heterocycles. The maximum Gasteiger partial charge on any atom is 0.323 e. The van der Waals surface area contributed by atoms with Gasteiger partial charge in [0.1, 0.15) is 11.9 Å². The minimum absolute atomic E-state index is 0.0290. The van der Waals surface area contributed by atoms with Gasteiger partial charge in [0, 0.05) is 12.1 Å². The van der Waals surface area contributed by atoms with Crippen molar-refractivity contribution in [1.82, 2.24) is 15.1 Å². The highest BCUT2D eigenvalue weighted by atomic mass is 16.5. The molecular formula is C14H24N4O3. The van der Waals surface area contributed by atoms with Gasteiger partial charge in [-0.15, -0.1) is 0 Å². The molecule has 0 aromatic carbocycles. The van der Waals surface area contributed by atoms with E-state index in [9.17, 15) is 9.59 Å². The van der Waals surface area contributed by atoms with E-state index in [4.69, 9.17) is 4.74 Å². The molecule has 1 aromatic heterocycles. The van der Waals surface area contributed by atoms with Crippen LogP contribution in [0.25, 0.3) is 0 Å². The lowest BCUT2D eigenvalue weighted by Crippen LogP contribution is -2.45. The second kappa shape index (κ2) is 7.78. The molecule has 7 heteroatoms. The van der Waals surface area contributed by atoms with Gasteiger partial charge in [-0.05, 0) is 19.8 Å². The minimum Gasteiger partial charge on any atom is -0.468 e. The van der Waals surface area contributed by atoms with Crippen molar-refractivity contribution in [2.24, 2.45) is 5.92 Å². The van der Waals surface area contributed by atoms with Gasteiger partial charge in [-0.2, -0.15) is 5.10 Å². The van der Waals surface area contributed by atoms with Crippen molar-refractivity contribution in [3.63, 3.8) is 0 Å². The lowest BCUT2D eigenvalue weighted by molar-refractivity contribution is -0.144. The number of esters is 1. The van der Waals surface area contributed by atoms with Crippen LogP contribution in [0.2, 0.25) is 0 Å². The molecule has 0 radical (unpaired) electrons. The molecule has 2 N–H and O–H groups in total. The van der Waals surface area contributed by atoms with Crippen molar-refractivity contribution in [2.45, 2.75) is 39.8 Å². The van der Waals surface area contributed by atoms with E-state index in [2.05, 4.69) is 15.7 Å². The quantitative estimate of drug-likeness (QED) is 0.738. The molecule has 0 bridgehead atoms. The molecule has 0 saturated heterocycles. The van der Waals surface area contributed by atoms with Crippen LogP contribution in [0.3, 0.4) is 0 Å². The number of rotatable bonds is 7. The first-order chi connectivity index (χ1) is 9.86. The van der Waals surface area contributed by atoms with Gasteiger partial charge in [0.25, 0.3) is 0 Å². The predicted molar refractivity (Wildman–Crippen MR) is 79.9 cm³/mol. The first kappa shape index (κ1) is 17.2. The highest BCUT2D eigenvalue weighted by molar-refractivity contribution is 5.91. The van der Waals surface area contributed by atoms with E-state index in [0.29, 0.717) is 5.82 Å². The second-order valence-electron chi connectivity index (χ2n) is 5.43. The third-order valence-corrected chi connectivity index (χ3v) is 3.03. The van der Waals surface area contributed by atoms with Gasteiger partial charge in [-0.25, -0.2) is 4.68 Å². The fourth-order valence-corrected chi connectivity index (χ4v) is 1.93. The van der Waals surface area contributed by atoms with E-state index in [-0.39, 0.29) is 30.4 Å². The van der Waals surface area contributed by atoms with Crippen molar-refractivity contribution in [3.05, 3.63) is 12.3 Å². The van der Waals surface area contributed by atoms with E-state index in [0.717, 1.165) is 0 Å². The minimum atomic E-state index is -0.504. The largest absolute Gasteiger partial charge is 0.468 e. The normalized spacial score (nSPS) is 12.5. The molecular weight excluding hydrogens is 272 g/mol. The summed E-state index contributed by atoms with van der Waals surface area (Å²) in [5, 5.41) is 9.83. The molecule has 1 rings (SSSR count). The van der Waals surface area contributed by atoms with Crippen LogP contribution in [0, 0.1) is 5.92 Å². The molecule has 7 nitrogen and oxygen atoms in total. The summed E-state index contributed by atoms with van der Waals surface area (Å²) in [7, 11) is 1.33. The van der Waals surface area contributed by atoms with Gasteiger partial charge >= 0.3 is 5.97 Å². The SMILES string of the molecule is COC(=O)C(NCC(=O)Nc1ccnn1C(C)C)C(C)C. The van der Waals surface area contributed by atoms with Gasteiger partial charge in [0.2, 0.25) is 5.91 Å². The zero-order valence-corrected chi connectivity index (χ0v) is 13.2. The van der Waals surface area contributed by atoms with Gasteiger partial charge in [0.05, 0.1) is 19.9 Å². The summed E-state index contributed by atoms with van der Waals surface area (Å²) < 4.78 is 6.44. The number of carbonyl (C=O) groups excluding carboxylic acids is 2. The summed E-state index contributed by atoms with van der Waals surface area (Å²) in [6.45, 7) is 7.77. The predicted octanol–water partition coefficient (Wildman–Crippen LogP) is 1.19. The maximum absolute atomic E-state index is 12.0. The first-order valence-electron chi connectivity index (χ1n) is 7.01. The third kappa shape index (κ3) is 4.86. The fraction of sp³-hybridized carbons (Fsp3) is 0.643. The lowest BCUT2D eigenvalue weighted by atomic mass is 10.0. The maximum atomic E-state index is 12.0. The van der Waals surface area contributed by atoms with Crippen LogP contribution in [0.4, 0.5) is 5.82 Å². The Balaban J connectivity index is 2.57. The topological polar surface area (TPSA) is 85.2 Å². The number of ether oxygens (including phenoxy) is 1. The Morgan fingerprint density at radius 2 is 2.00 bits per heavy atom. The number of nitrogens with one attached hydrogen (secondary N) is 2. The molecule has 1 aromatic rings. The Morgan fingerprint density at radius 3 is 2.52 bits per heavy atom. The van der Waals surface area contributed by atoms with Crippen molar-refractivity contribution in [3.8, 4) is 0 Å². The number of aromatic nitrogens is 2. The highest BCUT2D eigenvalue weighted by Gasteiger charge is 2.23. The number of amides is 1. The van der Waals surface area contributed by atoms with Crippen LogP contribution in [-0.4, -0.2) is 41.4 Å². The van der Waals surface area contributed by atoms with Crippen LogP contribution in [0.15, 0.2) is 12.3 Å². The molecule has 0 saturated carbocycles. The van der Waals surface area contributed by atoms with Crippen LogP contribution in [-0.2, 0) is 14.3 Å². The smallest absolute Gasteiger partial charge is 0.323 e. The number of hydrogen-bond acceptors (Lipinski definition) is 5. The second-order valence-corrected chi connectivity index (χ2v) is 5.43. The Labute approximate surface area is 125 Å². The summed E-state index contributed by atoms with van der Waals surface area (Å²) in [6.07, 6.45) is 1.63. The Morgan fingerprint density at radius 1 is 1.33 bits per heavy atom. The summed E-state index contributed by atoms with van der Waals surface area (Å²) in [6, 6.07) is 1.38. The van der Waals surface area contributed by atoms with Gasteiger partial charge < -0.3 is 10.1 Å².